The summed E-state index contributed by atoms with van der Waals surface area (Å²) < 4.78 is 0. The van der Waals surface area contributed by atoms with E-state index in [-0.39, 0.29) is 0 Å². The summed E-state index contributed by atoms with van der Waals surface area (Å²) in [5, 5.41) is 9.72. The highest BCUT2D eigenvalue weighted by Gasteiger charge is 2.43. The SMILES string of the molecule is CSc1ccccc1C1(C(=O)O)CCN(C)CC1. The van der Waals surface area contributed by atoms with E-state index in [0.29, 0.717) is 12.8 Å². The molecule has 0 spiro atoms. The number of thioether (sulfide) groups is 1. The van der Waals surface area contributed by atoms with Gasteiger partial charge in [-0.15, -0.1) is 11.8 Å². The van der Waals surface area contributed by atoms with Crippen LogP contribution in [0.15, 0.2) is 29.2 Å². The van der Waals surface area contributed by atoms with Crippen LogP contribution in [0, 0.1) is 0 Å². The minimum Gasteiger partial charge on any atom is -0.481 e. The summed E-state index contributed by atoms with van der Waals surface area (Å²) in [6, 6.07) is 7.91. The molecule has 18 heavy (non-hydrogen) atoms. The maximum atomic E-state index is 11.8. The van der Waals surface area contributed by atoms with Gasteiger partial charge < -0.3 is 10.0 Å². The molecule has 0 unspecified atom stereocenters. The maximum Gasteiger partial charge on any atom is 0.314 e. The van der Waals surface area contributed by atoms with Gasteiger partial charge in [0.2, 0.25) is 0 Å². The molecule has 0 saturated carbocycles. The van der Waals surface area contributed by atoms with Crippen LogP contribution >= 0.6 is 11.8 Å². The molecule has 2 rings (SSSR count). The van der Waals surface area contributed by atoms with E-state index in [2.05, 4.69) is 4.90 Å². The average Bonchev–Trinajstić information content (AvgIpc) is 2.39. The number of aliphatic carboxylic acids is 1. The number of nitrogens with zero attached hydrogens (tertiary/aromatic N) is 1. The summed E-state index contributed by atoms with van der Waals surface area (Å²) in [4.78, 5) is 15.1. The summed E-state index contributed by atoms with van der Waals surface area (Å²) in [7, 11) is 2.05. The highest BCUT2D eigenvalue weighted by atomic mass is 32.2. The first kappa shape index (κ1) is 13.4. The molecule has 0 radical (unpaired) electrons. The molecule has 0 amide bonds. The van der Waals surface area contributed by atoms with Gasteiger partial charge in [-0.05, 0) is 50.9 Å². The molecule has 3 nitrogen and oxygen atoms in total. The number of benzene rings is 1. The van der Waals surface area contributed by atoms with Gasteiger partial charge in [-0.25, -0.2) is 0 Å². The fourth-order valence-corrected chi connectivity index (χ4v) is 3.34. The molecule has 1 fully saturated rings. The topological polar surface area (TPSA) is 40.5 Å². The normalized spacial score (nSPS) is 19.7. The number of likely N-dealkylation sites (tertiary alicyclic amines) is 1. The third-order valence-corrected chi connectivity index (χ3v) is 4.67. The van der Waals surface area contributed by atoms with Crippen molar-refractivity contribution in [1.29, 1.82) is 0 Å². The van der Waals surface area contributed by atoms with Crippen LogP contribution in [-0.2, 0) is 10.2 Å². The van der Waals surface area contributed by atoms with Crippen LogP contribution in [-0.4, -0.2) is 42.4 Å². The molecule has 4 heteroatoms. The molecule has 0 atom stereocenters. The van der Waals surface area contributed by atoms with Crippen molar-refractivity contribution in [3.05, 3.63) is 29.8 Å². The van der Waals surface area contributed by atoms with E-state index < -0.39 is 11.4 Å². The number of piperidine rings is 1. The summed E-state index contributed by atoms with van der Waals surface area (Å²) in [6.45, 7) is 1.68. The molecule has 1 aliphatic rings. The van der Waals surface area contributed by atoms with Gasteiger partial charge in [-0.3, -0.25) is 4.79 Å². The predicted molar refractivity (Wildman–Crippen MR) is 74.3 cm³/mol. The maximum absolute atomic E-state index is 11.8. The Morgan fingerprint density at radius 1 is 1.33 bits per heavy atom. The minimum atomic E-state index is -0.702. The molecule has 0 aliphatic carbocycles. The Kier molecular flexibility index (Phi) is 3.97. The lowest BCUT2D eigenvalue weighted by Crippen LogP contribution is -2.46. The van der Waals surface area contributed by atoms with Crippen molar-refractivity contribution < 1.29 is 9.90 Å². The average molecular weight is 265 g/mol. The summed E-state index contributed by atoms with van der Waals surface area (Å²) >= 11 is 1.63. The zero-order chi connectivity index (χ0) is 13.2. The fraction of sp³-hybridized carbons (Fsp3) is 0.500. The number of hydrogen-bond donors (Lipinski definition) is 1. The molecule has 1 aromatic rings. The van der Waals surface area contributed by atoms with E-state index in [0.717, 1.165) is 23.5 Å². The third kappa shape index (κ3) is 2.27. The molecule has 1 saturated heterocycles. The second kappa shape index (κ2) is 5.33. The zero-order valence-electron chi connectivity index (χ0n) is 10.8. The predicted octanol–water partition coefficient (Wildman–Crippen LogP) is 2.46. The Morgan fingerprint density at radius 3 is 2.50 bits per heavy atom. The van der Waals surface area contributed by atoms with E-state index in [1.54, 1.807) is 11.8 Å². The van der Waals surface area contributed by atoms with E-state index in [1.165, 1.54) is 0 Å². The zero-order valence-corrected chi connectivity index (χ0v) is 11.7. The van der Waals surface area contributed by atoms with Crippen LogP contribution in [0.2, 0.25) is 0 Å². The Morgan fingerprint density at radius 2 is 1.94 bits per heavy atom. The van der Waals surface area contributed by atoms with Crippen molar-refractivity contribution in [3.63, 3.8) is 0 Å². The Hall–Kier alpha value is -1.00. The molecule has 1 heterocycles. The lowest BCUT2D eigenvalue weighted by Gasteiger charge is -2.38. The van der Waals surface area contributed by atoms with Crippen molar-refractivity contribution in [2.45, 2.75) is 23.2 Å². The van der Waals surface area contributed by atoms with Crippen molar-refractivity contribution >= 4 is 17.7 Å². The van der Waals surface area contributed by atoms with Gasteiger partial charge in [0, 0.05) is 4.90 Å². The molecular formula is C14H19NO2S. The van der Waals surface area contributed by atoms with Crippen molar-refractivity contribution in [2.75, 3.05) is 26.4 Å². The second-order valence-corrected chi connectivity index (χ2v) is 5.74. The van der Waals surface area contributed by atoms with Gasteiger partial charge in [0.25, 0.3) is 0 Å². The monoisotopic (exact) mass is 265 g/mol. The summed E-state index contributed by atoms with van der Waals surface area (Å²) in [5.74, 6) is -0.683. The Balaban J connectivity index is 2.44. The number of rotatable bonds is 3. The van der Waals surface area contributed by atoms with Gasteiger partial charge in [0.1, 0.15) is 0 Å². The molecule has 98 valence electrons. The Labute approximate surface area is 112 Å². The largest absolute Gasteiger partial charge is 0.481 e. The highest BCUT2D eigenvalue weighted by Crippen LogP contribution is 2.39. The van der Waals surface area contributed by atoms with E-state index in [4.69, 9.17) is 0 Å². The number of hydrogen-bond acceptors (Lipinski definition) is 3. The van der Waals surface area contributed by atoms with Crippen molar-refractivity contribution in [1.82, 2.24) is 4.90 Å². The first-order valence-electron chi connectivity index (χ1n) is 6.15. The van der Waals surface area contributed by atoms with Crippen LogP contribution in [0.3, 0.4) is 0 Å². The lowest BCUT2D eigenvalue weighted by molar-refractivity contribution is -0.145. The quantitative estimate of drug-likeness (QED) is 0.852. The van der Waals surface area contributed by atoms with E-state index in [1.807, 2.05) is 37.6 Å². The van der Waals surface area contributed by atoms with E-state index >= 15 is 0 Å². The fourth-order valence-electron chi connectivity index (χ4n) is 2.64. The van der Waals surface area contributed by atoms with Crippen LogP contribution < -0.4 is 0 Å². The number of carboxylic acid groups (broad SMARTS) is 1. The third-order valence-electron chi connectivity index (χ3n) is 3.87. The van der Waals surface area contributed by atoms with E-state index in [9.17, 15) is 9.90 Å². The van der Waals surface area contributed by atoms with Crippen LogP contribution in [0.25, 0.3) is 0 Å². The number of carbonyl (C=O) groups is 1. The molecule has 0 aromatic heterocycles. The molecule has 1 aromatic carbocycles. The molecule has 1 N–H and O–H groups in total. The van der Waals surface area contributed by atoms with Gasteiger partial charge in [0.15, 0.2) is 0 Å². The smallest absolute Gasteiger partial charge is 0.314 e. The standard InChI is InChI=1S/C14H19NO2S/c1-15-9-7-14(8-10-15,13(16)17)11-5-3-4-6-12(11)18-2/h3-6H,7-10H2,1-2H3,(H,16,17). The summed E-state index contributed by atoms with van der Waals surface area (Å²) in [5.41, 5.74) is 0.282. The van der Waals surface area contributed by atoms with Crippen LogP contribution in [0.4, 0.5) is 0 Å². The van der Waals surface area contributed by atoms with Crippen molar-refractivity contribution in [3.8, 4) is 0 Å². The minimum absolute atomic E-state index is 0.683. The second-order valence-electron chi connectivity index (χ2n) is 4.89. The molecule has 0 bridgehead atoms. The molecular weight excluding hydrogens is 246 g/mol. The summed E-state index contributed by atoms with van der Waals surface area (Å²) in [6.07, 6.45) is 3.39. The highest BCUT2D eigenvalue weighted by molar-refractivity contribution is 7.98. The number of carboxylic acids is 1. The first-order valence-corrected chi connectivity index (χ1v) is 7.38. The van der Waals surface area contributed by atoms with Gasteiger partial charge in [-0.1, -0.05) is 18.2 Å². The van der Waals surface area contributed by atoms with Gasteiger partial charge >= 0.3 is 5.97 Å². The van der Waals surface area contributed by atoms with Gasteiger partial charge in [0.05, 0.1) is 5.41 Å². The van der Waals surface area contributed by atoms with Gasteiger partial charge in [-0.2, -0.15) is 0 Å². The Bertz CT molecular complexity index is 439. The van der Waals surface area contributed by atoms with Crippen LogP contribution in [0.5, 0.6) is 0 Å². The van der Waals surface area contributed by atoms with Crippen LogP contribution in [0.1, 0.15) is 18.4 Å². The lowest BCUT2D eigenvalue weighted by atomic mass is 9.73. The first-order chi connectivity index (χ1) is 8.60. The molecule has 1 aliphatic heterocycles. The van der Waals surface area contributed by atoms with Crippen molar-refractivity contribution in [2.24, 2.45) is 0 Å².